The summed E-state index contributed by atoms with van der Waals surface area (Å²) in [5.74, 6) is 0.721. The van der Waals surface area contributed by atoms with Crippen molar-refractivity contribution in [2.45, 2.75) is 6.92 Å². The fourth-order valence-corrected chi connectivity index (χ4v) is 4.90. The average molecular weight is 638 g/mol. The number of nitrogens with zero attached hydrogens (tertiary/aromatic N) is 2. The monoisotopic (exact) mass is 637 g/mol. The normalized spacial score (nSPS) is 11.4. The second kappa shape index (κ2) is 14.7. The molecule has 9 heteroatoms. The molecule has 46 heavy (non-hydrogen) atoms. The Morgan fingerprint density at radius 3 is 1.48 bits per heavy atom. The number of hydrogen-bond acceptors (Lipinski definition) is 1. The molecular weight excluding hydrogens is 609 g/mol. The Bertz CT molecular complexity index is 1830. The molecule has 0 atom stereocenters. The minimum absolute atomic E-state index is 0.678. The number of rotatable bonds is 6. The maximum Gasteiger partial charge on any atom is 0.673 e. The second-order valence-corrected chi connectivity index (χ2v) is 10.8. The van der Waals surface area contributed by atoms with Gasteiger partial charge < -0.3 is 17.3 Å². The summed E-state index contributed by atoms with van der Waals surface area (Å²) in [4.78, 5) is 5.07. The molecule has 0 aliphatic heterocycles. The van der Waals surface area contributed by atoms with Crippen LogP contribution in [0.25, 0.3) is 33.6 Å². The van der Waals surface area contributed by atoms with Gasteiger partial charge in [0.1, 0.15) is 0 Å². The molecule has 3 nitrogen and oxygen atoms in total. The van der Waals surface area contributed by atoms with Crippen LogP contribution in [0.1, 0.15) is 11.1 Å². The van der Waals surface area contributed by atoms with Gasteiger partial charge >= 0.3 is 7.25 Å². The summed E-state index contributed by atoms with van der Waals surface area (Å²) in [5, 5.41) is 0.678. The number of halogens is 5. The second-order valence-electron chi connectivity index (χ2n) is 10.4. The molecule has 1 heterocycles. The van der Waals surface area contributed by atoms with E-state index >= 15 is 0 Å². The zero-order valence-corrected chi connectivity index (χ0v) is 25.6. The van der Waals surface area contributed by atoms with Gasteiger partial charge in [0.05, 0.1) is 5.69 Å². The van der Waals surface area contributed by atoms with Gasteiger partial charge in [0.2, 0.25) is 11.4 Å². The van der Waals surface area contributed by atoms with Crippen LogP contribution in [0.15, 0.2) is 157 Å². The highest BCUT2D eigenvalue weighted by Gasteiger charge is 2.25. The Morgan fingerprint density at radius 1 is 0.587 bits per heavy atom. The molecule has 0 amide bonds. The largest absolute Gasteiger partial charge is 0.673 e. The number of aliphatic imine (C=N–C) groups is 1. The van der Waals surface area contributed by atoms with Crippen molar-refractivity contribution in [3.05, 3.63) is 168 Å². The van der Waals surface area contributed by atoms with Crippen LogP contribution in [0, 0.1) is 6.92 Å². The third-order valence-electron chi connectivity index (χ3n) is 6.92. The minimum atomic E-state index is -6.00. The number of aryl methyl sites for hydroxylation is 1. The van der Waals surface area contributed by atoms with Gasteiger partial charge in [-0.25, -0.2) is 4.99 Å². The van der Waals surface area contributed by atoms with E-state index in [4.69, 9.17) is 16.6 Å². The number of amidine groups is 1. The third kappa shape index (κ3) is 8.93. The molecule has 0 bridgehead atoms. The highest BCUT2D eigenvalue weighted by Crippen LogP contribution is 2.29. The van der Waals surface area contributed by atoms with E-state index in [1.165, 1.54) is 5.56 Å². The lowest BCUT2D eigenvalue weighted by molar-refractivity contribution is -0.617. The van der Waals surface area contributed by atoms with E-state index in [2.05, 4.69) is 126 Å². The Morgan fingerprint density at radius 2 is 1.02 bits per heavy atom. The number of pyridine rings is 1. The van der Waals surface area contributed by atoms with E-state index in [9.17, 15) is 17.3 Å². The van der Waals surface area contributed by atoms with Gasteiger partial charge in [-0.15, -0.1) is 5.43 Å². The van der Waals surface area contributed by atoms with Crippen LogP contribution in [0.3, 0.4) is 0 Å². The molecule has 0 radical (unpaired) electrons. The highest BCUT2D eigenvalue weighted by atomic mass is 35.5. The van der Waals surface area contributed by atoms with Crippen LogP contribution < -0.4 is 10.1 Å². The number of hydrogen-bond donors (Lipinski definition) is 1. The van der Waals surface area contributed by atoms with E-state index in [1.54, 1.807) is 0 Å². The molecule has 6 aromatic rings. The molecule has 0 unspecified atom stereocenters. The quantitative estimate of drug-likeness (QED) is 0.0636. The molecule has 0 fully saturated rings. The third-order valence-corrected chi connectivity index (χ3v) is 7.17. The lowest BCUT2D eigenvalue weighted by atomic mass is 9.99. The Hall–Kier alpha value is -5.21. The molecule has 1 aromatic heterocycles. The first kappa shape index (κ1) is 32.2. The SMILES string of the molecule is Cc1ccc(C(=Nc2ccc(Cl)cc2)N[n+]2c(-c3ccccc3)cc(-c3ccccc3)cc2-c2ccccc2)cc1.F[B-](F)(F)F. The number of nitrogens with one attached hydrogen (secondary N) is 1. The summed E-state index contributed by atoms with van der Waals surface area (Å²) >= 11 is 6.19. The topological polar surface area (TPSA) is 28.3 Å². The van der Waals surface area contributed by atoms with E-state index < -0.39 is 7.25 Å². The summed E-state index contributed by atoms with van der Waals surface area (Å²) in [6.45, 7) is 2.09. The van der Waals surface area contributed by atoms with E-state index in [0.29, 0.717) is 5.02 Å². The standard InChI is InChI=1S/C37H29ClN3.BF4/c1-27-17-19-31(20-18-27)37(39-34-23-21-33(38)22-24-34)40-41-35(29-13-7-3-8-14-29)25-32(28-11-5-2-6-12-28)26-36(41)30-15-9-4-10-16-30;2-1(3,4)5/h2-26H,1H3,(H,39,40);/q+1;-1. The average Bonchev–Trinajstić information content (AvgIpc) is 3.06. The molecule has 0 saturated heterocycles. The Kier molecular flexibility index (Phi) is 10.3. The van der Waals surface area contributed by atoms with Crippen LogP contribution in [-0.2, 0) is 0 Å². The van der Waals surface area contributed by atoms with E-state index in [1.807, 2.05) is 42.5 Å². The molecule has 1 N–H and O–H groups in total. The van der Waals surface area contributed by atoms with Gasteiger partial charge in [-0.05, 0) is 66.6 Å². The van der Waals surface area contributed by atoms with Crippen molar-refractivity contribution >= 4 is 30.4 Å². The molecule has 0 aliphatic carbocycles. The van der Waals surface area contributed by atoms with E-state index in [0.717, 1.165) is 50.7 Å². The number of aromatic nitrogens is 1. The van der Waals surface area contributed by atoms with Crippen molar-refractivity contribution in [3.63, 3.8) is 0 Å². The maximum absolute atomic E-state index is 9.75. The zero-order valence-electron chi connectivity index (χ0n) is 24.8. The molecule has 0 saturated carbocycles. The van der Waals surface area contributed by atoms with Crippen LogP contribution in [0.2, 0.25) is 5.02 Å². The molecule has 0 spiro atoms. The summed E-state index contributed by atoms with van der Waals surface area (Å²) < 4.78 is 41.1. The van der Waals surface area contributed by atoms with Gasteiger partial charge in [-0.2, -0.15) is 0 Å². The lowest BCUT2D eigenvalue weighted by Gasteiger charge is -2.14. The molecule has 5 aromatic carbocycles. The first-order valence-corrected chi connectivity index (χ1v) is 14.8. The van der Waals surface area contributed by atoms with Crippen molar-refractivity contribution in [3.8, 4) is 33.6 Å². The summed E-state index contributed by atoms with van der Waals surface area (Å²) in [5.41, 5.74) is 13.2. The van der Waals surface area contributed by atoms with Crippen molar-refractivity contribution in [1.29, 1.82) is 0 Å². The molecule has 0 aliphatic rings. The zero-order chi connectivity index (χ0) is 32.5. The molecule has 6 rings (SSSR count). The smallest absolute Gasteiger partial charge is 0.418 e. The summed E-state index contributed by atoms with van der Waals surface area (Å²) in [6, 6.07) is 51.9. The van der Waals surface area contributed by atoms with Crippen LogP contribution in [0.4, 0.5) is 23.0 Å². The summed E-state index contributed by atoms with van der Waals surface area (Å²) in [6.07, 6.45) is 0. The van der Waals surface area contributed by atoms with Crippen molar-refractivity contribution < 1.29 is 21.9 Å². The van der Waals surface area contributed by atoms with Crippen molar-refractivity contribution in [1.82, 2.24) is 0 Å². The predicted octanol–water partition coefficient (Wildman–Crippen LogP) is 10.6. The van der Waals surface area contributed by atoms with Gasteiger partial charge in [0.15, 0.2) is 5.84 Å². The van der Waals surface area contributed by atoms with Gasteiger partial charge in [0, 0.05) is 33.8 Å². The fourth-order valence-electron chi connectivity index (χ4n) is 4.77. The lowest BCUT2D eigenvalue weighted by Crippen LogP contribution is -2.52. The molecular formula is C37H29BClF4N3. The fraction of sp³-hybridized carbons (Fsp3) is 0.0270. The Labute approximate surface area is 270 Å². The van der Waals surface area contributed by atoms with Crippen LogP contribution in [0.5, 0.6) is 0 Å². The first-order chi connectivity index (χ1) is 22.1. The highest BCUT2D eigenvalue weighted by molar-refractivity contribution is 6.50. The van der Waals surface area contributed by atoms with Gasteiger partial charge in [-0.3, -0.25) is 0 Å². The first-order valence-electron chi connectivity index (χ1n) is 14.5. The van der Waals surface area contributed by atoms with Gasteiger partial charge in [-0.1, -0.05) is 113 Å². The van der Waals surface area contributed by atoms with Crippen LogP contribution in [-0.4, -0.2) is 13.1 Å². The molecule has 230 valence electrons. The van der Waals surface area contributed by atoms with Crippen molar-refractivity contribution in [2.75, 3.05) is 5.43 Å². The van der Waals surface area contributed by atoms with Crippen LogP contribution >= 0.6 is 11.6 Å². The van der Waals surface area contributed by atoms with Crippen molar-refractivity contribution in [2.24, 2.45) is 4.99 Å². The summed E-state index contributed by atoms with van der Waals surface area (Å²) in [7, 11) is -6.00. The van der Waals surface area contributed by atoms with Gasteiger partial charge in [0.25, 0.3) is 0 Å². The predicted molar refractivity (Wildman–Crippen MR) is 181 cm³/mol. The Balaban J connectivity index is 0.000000775. The minimum Gasteiger partial charge on any atom is -0.418 e. The van der Waals surface area contributed by atoms with E-state index in [-0.39, 0.29) is 0 Å². The maximum atomic E-state index is 9.75. The number of benzene rings is 5.